The van der Waals surface area contributed by atoms with Gasteiger partial charge in [-0.2, -0.15) is 0 Å². The van der Waals surface area contributed by atoms with Crippen molar-refractivity contribution in [3.8, 4) is 39.3 Å². The van der Waals surface area contributed by atoms with Gasteiger partial charge in [-0.05, 0) is 89.6 Å². The van der Waals surface area contributed by atoms with Crippen molar-refractivity contribution in [3.05, 3.63) is 170 Å². The lowest BCUT2D eigenvalue weighted by atomic mass is 9.90. The molecule has 47 heavy (non-hydrogen) atoms. The molecular formula is C45H28N2. The van der Waals surface area contributed by atoms with Crippen molar-refractivity contribution in [1.29, 1.82) is 0 Å². The Balaban J connectivity index is 1.14. The third kappa shape index (κ3) is 4.02. The molecule has 0 bridgehead atoms. The molecule has 0 saturated carbocycles. The molecule has 10 aromatic rings. The van der Waals surface area contributed by atoms with Crippen LogP contribution < -0.4 is 0 Å². The summed E-state index contributed by atoms with van der Waals surface area (Å²) in [5.41, 5.74) is 9.08. The molecule has 218 valence electrons. The minimum Gasteiger partial charge on any atom is -0.292 e. The minimum atomic E-state index is 0.934. The fraction of sp³-hybridized carbons (Fsp3) is 0. The Morgan fingerprint density at radius 1 is 0.383 bits per heavy atom. The molecule has 1 aromatic heterocycles. The summed E-state index contributed by atoms with van der Waals surface area (Å²) in [6, 6.07) is 61.4. The molecule has 0 aliphatic rings. The Bertz CT molecular complexity index is 2750. The van der Waals surface area contributed by atoms with Gasteiger partial charge in [-0.25, -0.2) is 4.98 Å². The molecule has 0 saturated heterocycles. The Kier molecular flexibility index (Phi) is 5.61. The lowest BCUT2D eigenvalue weighted by Crippen LogP contribution is -1.97. The van der Waals surface area contributed by atoms with Gasteiger partial charge in [0.1, 0.15) is 5.82 Å². The van der Waals surface area contributed by atoms with Gasteiger partial charge < -0.3 is 0 Å². The van der Waals surface area contributed by atoms with Crippen LogP contribution >= 0.6 is 0 Å². The third-order valence-electron chi connectivity index (χ3n) is 9.75. The van der Waals surface area contributed by atoms with Crippen molar-refractivity contribution in [1.82, 2.24) is 9.55 Å². The fourth-order valence-electron chi connectivity index (χ4n) is 7.54. The van der Waals surface area contributed by atoms with Crippen molar-refractivity contribution in [2.45, 2.75) is 0 Å². The summed E-state index contributed by atoms with van der Waals surface area (Å²) in [5, 5.41) is 10.3. The quantitative estimate of drug-likeness (QED) is 0.185. The predicted molar refractivity (Wildman–Crippen MR) is 199 cm³/mol. The van der Waals surface area contributed by atoms with Crippen LogP contribution in [-0.2, 0) is 0 Å². The normalized spacial score (nSPS) is 11.8. The highest BCUT2D eigenvalue weighted by molar-refractivity contribution is 6.25. The molecule has 2 nitrogen and oxygen atoms in total. The first-order valence-electron chi connectivity index (χ1n) is 16.1. The van der Waals surface area contributed by atoms with Crippen molar-refractivity contribution in [2.75, 3.05) is 0 Å². The number of benzene rings is 9. The Labute approximate surface area is 272 Å². The van der Waals surface area contributed by atoms with E-state index in [0.717, 1.165) is 28.1 Å². The maximum atomic E-state index is 5.32. The monoisotopic (exact) mass is 596 g/mol. The van der Waals surface area contributed by atoms with Gasteiger partial charge in [0.2, 0.25) is 0 Å². The predicted octanol–water partition coefficient (Wildman–Crippen LogP) is 12.1. The van der Waals surface area contributed by atoms with Gasteiger partial charge in [0, 0.05) is 11.3 Å². The van der Waals surface area contributed by atoms with Crippen LogP contribution in [-0.4, -0.2) is 9.55 Å². The van der Waals surface area contributed by atoms with E-state index in [1.807, 2.05) is 0 Å². The summed E-state index contributed by atoms with van der Waals surface area (Å²) in [7, 11) is 0. The molecular weight excluding hydrogens is 569 g/mol. The van der Waals surface area contributed by atoms with Gasteiger partial charge in [0.25, 0.3) is 0 Å². The van der Waals surface area contributed by atoms with Crippen LogP contribution in [0.5, 0.6) is 0 Å². The number of aromatic nitrogens is 2. The lowest BCUT2D eigenvalue weighted by Gasteiger charge is -2.14. The maximum Gasteiger partial charge on any atom is 0.145 e. The van der Waals surface area contributed by atoms with Crippen LogP contribution in [0.1, 0.15) is 0 Å². The van der Waals surface area contributed by atoms with E-state index >= 15 is 0 Å². The zero-order valence-corrected chi connectivity index (χ0v) is 25.6. The van der Waals surface area contributed by atoms with Gasteiger partial charge in [-0.1, -0.05) is 146 Å². The summed E-state index contributed by atoms with van der Waals surface area (Å²) in [4.78, 5) is 5.32. The minimum absolute atomic E-state index is 0.934. The Morgan fingerprint density at radius 3 is 1.85 bits per heavy atom. The van der Waals surface area contributed by atoms with Crippen LogP contribution in [0.15, 0.2) is 170 Å². The summed E-state index contributed by atoms with van der Waals surface area (Å²) >= 11 is 0. The van der Waals surface area contributed by atoms with E-state index in [-0.39, 0.29) is 0 Å². The number of hydrogen-bond acceptors (Lipinski definition) is 1. The number of imidazole rings is 1. The molecule has 0 unspecified atom stereocenters. The van der Waals surface area contributed by atoms with E-state index in [1.54, 1.807) is 0 Å². The molecule has 0 aliphatic carbocycles. The van der Waals surface area contributed by atoms with Gasteiger partial charge >= 0.3 is 0 Å². The molecule has 0 N–H and O–H groups in total. The van der Waals surface area contributed by atoms with Crippen molar-refractivity contribution in [2.24, 2.45) is 0 Å². The molecule has 0 radical (unpaired) electrons. The summed E-state index contributed by atoms with van der Waals surface area (Å²) in [5.74, 6) is 0.934. The van der Waals surface area contributed by atoms with Crippen molar-refractivity contribution >= 4 is 54.1 Å². The largest absolute Gasteiger partial charge is 0.292 e. The van der Waals surface area contributed by atoms with Crippen LogP contribution in [0.4, 0.5) is 0 Å². The SMILES string of the molecule is c1ccc(-n2c(-c3ccc(-c4cccc5ccccc45)cc3)nc3cc(-c4ccc5ccc6cccc7ccc4c5c67)ccc32)cc1. The lowest BCUT2D eigenvalue weighted by molar-refractivity contribution is 1.10. The molecule has 1 heterocycles. The van der Waals surface area contributed by atoms with E-state index in [0.29, 0.717) is 0 Å². The zero-order chi connectivity index (χ0) is 30.9. The van der Waals surface area contributed by atoms with E-state index in [2.05, 4.69) is 174 Å². The molecule has 0 fully saturated rings. The first-order chi connectivity index (χ1) is 23.3. The number of fused-ring (bicyclic) bond motifs is 2. The second-order valence-electron chi connectivity index (χ2n) is 12.4. The van der Waals surface area contributed by atoms with Gasteiger partial charge in [0.05, 0.1) is 11.0 Å². The van der Waals surface area contributed by atoms with Crippen LogP contribution in [0.2, 0.25) is 0 Å². The zero-order valence-electron chi connectivity index (χ0n) is 25.6. The van der Waals surface area contributed by atoms with Crippen molar-refractivity contribution in [3.63, 3.8) is 0 Å². The topological polar surface area (TPSA) is 17.8 Å². The summed E-state index contributed by atoms with van der Waals surface area (Å²) in [6.45, 7) is 0. The molecule has 2 heteroatoms. The molecule has 0 amide bonds. The van der Waals surface area contributed by atoms with E-state index < -0.39 is 0 Å². The number of hydrogen-bond donors (Lipinski definition) is 0. The van der Waals surface area contributed by atoms with Crippen LogP contribution in [0.3, 0.4) is 0 Å². The Morgan fingerprint density at radius 2 is 1.00 bits per heavy atom. The van der Waals surface area contributed by atoms with Crippen LogP contribution in [0, 0.1) is 0 Å². The molecule has 9 aromatic carbocycles. The third-order valence-corrected chi connectivity index (χ3v) is 9.75. The summed E-state index contributed by atoms with van der Waals surface area (Å²) in [6.07, 6.45) is 0. The van der Waals surface area contributed by atoms with E-state index in [9.17, 15) is 0 Å². The average Bonchev–Trinajstić information content (AvgIpc) is 3.53. The van der Waals surface area contributed by atoms with Crippen LogP contribution in [0.25, 0.3) is 93.5 Å². The van der Waals surface area contributed by atoms with Gasteiger partial charge in [-0.3, -0.25) is 4.57 Å². The smallest absolute Gasteiger partial charge is 0.145 e. The van der Waals surface area contributed by atoms with Gasteiger partial charge in [-0.15, -0.1) is 0 Å². The molecule has 0 spiro atoms. The van der Waals surface area contributed by atoms with E-state index in [4.69, 9.17) is 4.98 Å². The first kappa shape index (κ1) is 26.0. The summed E-state index contributed by atoms with van der Waals surface area (Å²) < 4.78 is 2.29. The number of para-hydroxylation sites is 1. The molecule has 0 atom stereocenters. The second-order valence-corrected chi connectivity index (χ2v) is 12.4. The number of nitrogens with zero attached hydrogens (tertiary/aromatic N) is 2. The van der Waals surface area contributed by atoms with Crippen molar-refractivity contribution < 1.29 is 0 Å². The highest BCUT2D eigenvalue weighted by Gasteiger charge is 2.17. The standard InChI is InChI=1S/C45H28N2/c1-2-12-36(13-3-1)47-42-27-24-35(39-25-22-33-19-18-31-10-6-11-32-23-26-40(39)44(33)43(31)32)28-41(42)46-45(47)34-20-16-30(17-21-34)38-15-7-9-29-8-4-5-14-37(29)38/h1-28H. The fourth-order valence-corrected chi connectivity index (χ4v) is 7.54. The first-order valence-corrected chi connectivity index (χ1v) is 16.1. The van der Waals surface area contributed by atoms with Gasteiger partial charge in [0.15, 0.2) is 0 Å². The maximum absolute atomic E-state index is 5.32. The average molecular weight is 597 g/mol. The molecule has 10 rings (SSSR count). The van der Waals surface area contributed by atoms with E-state index in [1.165, 1.54) is 65.3 Å². The second kappa shape index (κ2) is 10.1. The highest BCUT2D eigenvalue weighted by atomic mass is 15.1. The Hall–Kier alpha value is -6.25. The number of rotatable bonds is 4. The molecule has 0 aliphatic heterocycles. The highest BCUT2D eigenvalue weighted by Crippen LogP contribution is 2.40.